The zero-order valence-corrected chi connectivity index (χ0v) is 78.2. The number of allylic oxidation sites excluding steroid dienone is 6. The lowest BCUT2D eigenvalue weighted by Gasteiger charge is -2.62. The van der Waals surface area contributed by atoms with Crippen LogP contribution in [0.4, 0.5) is 0 Å². The lowest BCUT2D eigenvalue weighted by Crippen LogP contribution is -2.62. The van der Waals surface area contributed by atoms with Crippen LogP contribution in [0.2, 0.25) is 36.3 Å². The average Bonchev–Trinajstić information content (AvgIpc) is 1.65. The fourth-order valence-corrected chi connectivity index (χ4v) is 32.5. The highest BCUT2D eigenvalue weighted by Gasteiger charge is 2.71. The number of methoxy groups -OCH3 is 3. The first-order valence-corrected chi connectivity index (χ1v) is 52.0. The number of rotatable bonds is 37. The normalized spacial score (nSPS) is 40.3. The fourth-order valence-electron chi connectivity index (χ4n) is 26.6. The minimum absolute atomic E-state index is 0.00799. The molecule has 0 heterocycles. The molecular weight excluding hydrogens is 1410 g/mol. The molecule has 638 valence electrons. The number of aliphatic hydroxyl groups excluding tert-OH is 1. The van der Waals surface area contributed by atoms with Crippen molar-refractivity contribution in [2.24, 2.45) is 107 Å². The number of hydrogen-bond donors (Lipinski definition) is 1. The lowest BCUT2D eigenvalue weighted by atomic mass is 9.44. The van der Waals surface area contributed by atoms with Crippen molar-refractivity contribution >= 4 is 34.0 Å². The second-order valence-electron chi connectivity index (χ2n) is 40.5. The van der Waals surface area contributed by atoms with E-state index in [0.29, 0.717) is 66.5 Å². The molecule has 9 saturated carbocycles. The zero-order valence-electron chi connectivity index (χ0n) is 76.2. The van der Waals surface area contributed by atoms with Crippen molar-refractivity contribution in [1.29, 1.82) is 0 Å². The van der Waals surface area contributed by atoms with Crippen molar-refractivity contribution in [3.8, 4) is 0 Å². The van der Waals surface area contributed by atoms with Crippen molar-refractivity contribution < 1.29 is 42.6 Å². The molecule has 9 aliphatic rings. The first-order chi connectivity index (χ1) is 52.7. The van der Waals surface area contributed by atoms with Gasteiger partial charge in [-0.05, 0) is 291 Å². The van der Waals surface area contributed by atoms with Gasteiger partial charge in [-0.1, -0.05) is 217 Å². The second kappa shape index (κ2) is 41.6. The van der Waals surface area contributed by atoms with Gasteiger partial charge in [-0.2, -0.15) is 0 Å². The van der Waals surface area contributed by atoms with E-state index in [1.54, 1.807) is 0 Å². The quantitative estimate of drug-likeness (QED) is 0.0159. The number of ketones is 3. The molecule has 0 amide bonds. The van der Waals surface area contributed by atoms with E-state index < -0.39 is 39.0 Å². The smallest absolute Gasteiger partial charge is 0.192 e. The summed E-state index contributed by atoms with van der Waals surface area (Å²) in [4.78, 5) is 46.7. The van der Waals surface area contributed by atoms with Gasteiger partial charge in [0.25, 0.3) is 0 Å². The number of aliphatic hydroxyl groups is 1. The molecule has 0 unspecified atom stereocenters. The van der Waals surface area contributed by atoms with Crippen LogP contribution in [0.1, 0.15) is 357 Å². The third-order valence-electron chi connectivity index (χ3n) is 35.6. The van der Waals surface area contributed by atoms with E-state index in [0.717, 1.165) is 158 Å². The van der Waals surface area contributed by atoms with Crippen LogP contribution >= 0.6 is 0 Å². The van der Waals surface area contributed by atoms with Crippen LogP contribution in [-0.4, -0.2) is 104 Å². The van der Waals surface area contributed by atoms with Gasteiger partial charge in [-0.15, -0.1) is 0 Å². The molecule has 24 atom stereocenters. The maximum atomic E-state index is 14.9. The minimum Gasteiger partial charge on any atom is -0.413 e. The Morgan fingerprint density at radius 2 is 0.703 bits per heavy atom. The van der Waals surface area contributed by atoms with Gasteiger partial charge in [-0.3, -0.25) is 14.4 Å². The number of Topliss-reactive ketones (excluding diaryl/α,β-unsaturated/α-hetero) is 3. The van der Waals surface area contributed by atoms with E-state index in [1.807, 2.05) is 28.3 Å². The number of ether oxygens (including phenoxy) is 3. The summed E-state index contributed by atoms with van der Waals surface area (Å²) in [6.45, 7) is 47.1. The second-order valence-corrected chi connectivity index (χ2v) is 49.9. The number of carbonyl (C=O) groups is 3. The molecule has 111 heavy (non-hydrogen) atoms. The Bertz CT molecular complexity index is 3040. The largest absolute Gasteiger partial charge is 0.413 e. The predicted octanol–water partition coefficient (Wildman–Crippen LogP) is 26.9. The summed E-state index contributed by atoms with van der Waals surface area (Å²) in [7, 11) is 1.76. The van der Waals surface area contributed by atoms with Crippen molar-refractivity contribution in [3.63, 3.8) is 0 Å². The highest BCUT2D eigenvalue weighted by Crippen LogP contribution is 2.72. The maximum Gasteiger partial charge on any atom is 0.192 e. The average molecular weight is 1580 g/mol. The van der Waals surface area contributed by atoms with Crippen molar-refractivity contribution in [3.05, 3.63) is 46.9 Å². The van der Waals surface area contributed by atoms with Crippen molar-refractivity contribution in [2.45, 2.75) is 430 Å². The van der Waals surface area contributed by atoms with Crippen LogP contribution in [0.25, 0.3) is 10.4 Å². The topological polar surface area (TPSA) is 166 Å². The van der Waals surface area contributed by atoms with E-state index in [4.69, 9.17) is 28.6 Å². The van der Waals surface area contributed by atoms with Crippen LogP contribution in [0.3, 0.4) is 0 Å². The Morgan fingerprint density at radius 1 is 0.414 bits per heavy atom. The summed E-state index contributed by atoms with van der Waals surface area (Å²) < 4.78 is 33.4. The summed E-state index contributed by atoms with van der Waals surface area (Å²) in [6.07, 6.45) is 51.4. The number of azide groups is 1. The van der Waals surface area contributed by atoms with Gasteiger partial charge in [0, 0.05) is 50.5 Å². The van der Waals surface area contributed by atoms with Gasteiger partial charge < -0.3 is 28.2 Å². The summed E-state index contributed by atoms with van der Waals surface area (Å²) in [5, 5.41) is 15.2. The lowest BCUT2D eigenvalue weighted by molar-refractivity contribution is -0.178. The minimum atomic E-state index is -1.96. The van der Waals surface area contributed by atoms with Gasteiger partial charge in [0.2, 0.25) is 0 Å². The van der Waals surface area contributed by atoms with Crippen LogP contribution < -0.4 is 0 Å². The monoisotopic (exact) mass is 1580 g/mol. The zero-order chi connectivity index (χ0) is 82.1. The molecule has 12 nitrogen and oxygen atoms in total. The van der Waals surface area contributed by atoms with E-state index in [2.05, 4.69) is 178 Å². The molecule has 0 spiro atoms. The fraction of sp³-hybridized carbons (Fsp3) is 0.907. The Morgan fingerprint density at radius 3 is 1.01 bits per heavy atom. The molecule has 9 aliphatic carbocycles. The summed E-state index contributed by atoms with van der Waals surface area (Å²) >= 11 is 0. The Labute approximate surface area is 684 Å². The molecule has 0 saturated heterocycles. The molecule has 0 aromatic rings. The molecule has 9 fully saturated rings. The number of unbranched alkanes of at least 4 members (excludes halogenated alkanes) is 13. The van der Waals surface area contributed by atoms with Gasteiger partial charge in [0.1, 0.15) is 17.3 Å². The highest BCUT2D eigenvalue weighted by atomic mass is 28.4. The van der Waals surface area contributed by atoms with Gasteiger partial charge in [0.05, 0.1) is 52.9 Å². The van der Waals surface area contributed by atoms with E-state index in [9.17, 15) is 19.5 Å². The summed E-state index contributed by atoms with van der Waals surface area (Å²) in [5.41, 5.74) is 7.12. The molecule has 9 rings (SSSR count). The highest BCUT2D eigenvalue weighted by molar-refractivity contribution is 6.74. The van der Waals surface area contributed by atoms with Crippen LogP contribution in [0.15, 0.2) is 41.6 Å². The number of carbonyl (C=O) groups excluding carboxylic acids is 3. The van der Waals surface area contributed by atoms with Gasteiger partial charge >= 0.3 is 0 Å². The van der Waals surface area contributed by atoms with Crippen LogP contribution in [0.5, 0.6) is 0 Å². The predicted molar refractivity (Wildman–Crippen MR) is 469 cm³/mol. The first-order valence-electron chi connectivity index (χ1n) is 47.0. The molecular formula is C97H173N3O9Si2. The number of nitrogens with zero attached hydrogens (tertiary/aromatic N) is 3. The Balaban J connectivity index is 0.000000233. The standard InChI is InChI=1S/C35H64O3Si.C33H59N3O3Si.C29H50O3/c1-10-14-15-16-17-18-19-20-23-33(7)30(38-39(11-2,12-3)13-4)26-34(8)27(5)21-24-35(28(6)32(33)36)25-22-29(37-9)31(34)35;1-9-40(10-2,11-3)39-28-24-32(7)25(4)18-21-33(22-19-27(38-8)29(32)33)26(5)30(37)31(28,6)20-16-14-12-13-15-17-23-35-36-34;1-7-8-9-10-11-12-13-14-17-27(4)24(30)20-28(5)21(2)15-18-29(22(3)26(27)31)19-16-23(32-6)25(28)29/h19-20,27-31H,10-18,21-26H2,1-9H3;14,16,25-29H,9-13,15,17-24H2,1-8H3;13-14,21-25,30H,7-12,15-20H2,1-6H3/b20-19+;16-14+;14-13+/t27-,28+,29-,30+,31+,33+,34-,35+;25-,26+,27-,28+,29+,31+,32-,33+;21-,22+,23-,24+,25+,27+,28-,29+/m111/s1. The first kappa shape index (κ1) is 95.9. The van der Waals surface area contributed by atoms with Crippen molar-refractivity contribution in [1.82, 2.24) is 0 Å². The number of hydrogen-bond acceptors (Lipinski definition) is 10. The molecule has 0 aliphatic heterocycles. The van der Waals surface area contributed by atoms with Crippen molar-refractivity contribution in [2.75, 3.05) is 27.9 Å². The third-order valence-corrected chi connectivity index (χ3v) is 44.9. The Kier molecular flexibility index (Phi) is 35.9. The van der Waals surface area contributed by atoms with E-state index in [-0.39, 0.29) is 86.5 Å². The van der Waals surface area contributed by atoms with Crippen LogP contribution in [-0.2, 0) is 37.4 Å². The summed E-state index contributed by atoms with van der Waals surface area (Å²) in [6, 6.07) is 6.69. The van der Waals surface area contributed by atoms with E-state index in [1.165, 1.54) is 83.5 Å². The Hall–Kier alpha value is -2.27. The third kappa shape index (κ3) is 19.5. The molecule has 0 radical (unpaired) electrons. The molecule has 0 aromatic carbocycles. The molecule has 14 heteroatoms. The maximum absolute atomic E-state index is 14.9. The van der Waals surface area contributed by atoms with E-state index >= 15 is 0 Å². The molecule has 0 aromatic heterocycles. The summed E-state index contributed by atoms with van der Waals surface area (Å²) in [5.74, 6) is 4.17. The van der Waals surface area contributed by atoms with Gasteiger partial charge in [-0.25, -0.2) is 0 Å². The SMILES string of the molecule is CCCCCCC/C=C/C[C@]1(C)C(=O)[C@H](C)[C@@]23CC[C@@H](C)[C@@](C)(C[C@@H]1O)[C@@H]2[C@H](OC)CC3.CCCCCCC/C=C/C[C@]1(C)C(=O)[C@H](C)[C@@]23CC[C@@H](C)[C@@](C)(C[C@@H]1O[Si](CC)(CC)CC)[C@@H]2[C@H](OC)CC3.CC[Si](CC)(CC)O[C@H]1C[C@]2(C)[C@H](C)CC[C@]3(CC[C@@H](OC)[C@@H]23)[C@@H](C)C(=O)[C@@]1(C)C/C=C/CCCCCN=[N+]=[N-]. The molecule has 1 N–H and O–H groups in total. The molecule has 6 bridgehead atoms. The van der Waals surface area contributed by atoms with Crippen LogP contribution in [0, 0.1) is 102 Å². The van der Waals surface area contributed by atoms with Gasteiger partial charge in [0.15, 0.2) is 16.6 Å².